The van der Waals surface area contributed by atoms with Crippen LogP contribution in [-0.2, 0) is 22.5 Å². The van der Waals surface area contributed by atoms with Crippen molar-refractivity contribution in [1.82, 2.24) is 34.8 Å². The number of carbonyl (C=O) groups is 2. The molecule has 0 spiro atoms. The number of pyridine rings is 1. The summed E-state index contributed by atoms with van der Waals surface area (Å²) in [5, 5.41) is 29.1. The number of fused-ring (bicyclic) bond motifs is 2. The second-order valence-corrected chi connectivity index (χ2v) is 22.5. The monoisotopic (exact) mass is 916 g/mol. The zero-order valence-electron chi connectivity index (χ0n) is 40.0. The summed E-state index contributed by atoms with van der Waals surface area (Å²) in [5.41, 5.74) is 5.68. The van der Waals surface area contributed by atoms with Crippen LogP contribution < -0.4 is 10.2 Å². The number of carboxylic acids is 1. The van der Waals surface area contributed by atoms with Crippen molar-refractivity contribution < 1.29 is 19.4 Å². The lowest BCUT2D eigenvalue weighted by atomic mass is 9.39. The van der Waals surface area contributed by atoms with E-state index in [0.717, 1.165) is 122 Å². The van der Waals surface area contributed by atoms with Gasteiger partial charge in [-0.2, -0.15) is 5.10 Å². The van der Waals surface area contributed by atoms with Crippen molar-refractivity contribution in [3.05, 3.63) is 65.1 Å². The quantitative estimate of drug-likeness (QED) is 0.0674. The number of nitrogens with zero attached hydrogens (tertiary/aromatic N) is 8. The van der Waals surface area contributed by atoms with Gasteiger partial charge in [0, 0.05) is 54.0 Å². The highest BCUT2D eigenvalue weighted by atomic mass is 32.1. The van der Waals surface area contributed by atoms with Crippen molar-refractivity contribution in [3.8, 4) is 11.1 Å². The van der Waals surface area contributed by atoms with Gasteiger partial charge in [-0.1, -0.05) is 69.4 Å². The molecule has 10 rings (SSSR count). The minimum atomic E-state index is -1.07. The Bertz CT molecular complexity index is 2540. The van der Waals surface area contributed by atoms with Crippen LogP contribution in [0.3, 0.4) is 0 Å². The molecule has 4 fully saturated rings. The molecule has 66 heavy (non-hydrogen) atoms. The largest absolute Gasteiger partial charge is 0.476 e. The first kappa shape index (κ1) is 46.3. The van der Waals surface area contributed by atoms with Crippen LogP contribution in [0.25, 0.3) is 21.3 Å². The van der Waals surface area contributed by atoms with Crippen molar-refractivity contribution in [2.24, 2.45) is 16.2 Å². The minimum Gasteiger partial charge on any atom is -0.476 e. The molecule has 5 aliphatic rings. The van der Waals surface area contributed by atoms with E-state index < -0.39 is 5.97 Å². The average molecular weight is 916 g/mol. The van der Waals surface area contributed by atoms with Crippen LogP contribution in [0.4, 0.5) is 22.6 Å². The number of hydrogen-bond acceptors (Lipinski definition) is 12. The highest BCUT2D eigenvalue weighted by Gasteiger charge is 2.66. The van der Waals surface area contributed by atoms with Gasteiger partial charge in [-0.15, -0.1) is 10.2 Å². The molecule has 1 aliphatic heterocycles. The van der Waals surface area contributed by atoms with Crippen LogP contribution in [0.1, 0.15) is 144 Å². The molecule has 1 aromatic carbocycles. The van der Waals surface area contributed by atoms with Crippen LogP contribution in [0.2, 0.25) is 0 Å². The lowest BCUT2D eigenvalue weighted by Gasteiger charge is -2.69. The van der Waals surface area contributed by atoms with E-state index in [1.165, 1.54) is 44.9 Å². The van der Waals surface area contributed by atoms with Gasteiger partial charge in [0.25, 0.3) is 0 Å². The molecule has 5 heterocycles. The number of benzene rings is 1. The van der Waals surface area contributed by atoms with E-state index in [1.54, 1.807) is 18.3 Å². The number of likely N-dealkylation sites (N-methyl/N-ethyl adjacent to an activating group) is 1. The van der Waals surface area contributed by atoms with Crippen molar-refractivity contribution in [1.29, 1.82) is 0 Å². The Labute approximate surface area is 394 Å². The molecule has 5 aromatic rings. The number of hydrogen-bond donors (Lipinski definition) is 2. The maximum Gasteiger partial charge on any atom is 0.355 e. The fraction of sp³-hybridized carbons (Fsp3) is 0.596. The molecule has 0 saturated heterocycles. The fourth-order valence-electron chi connectivity index (χ4n) is 13.4. The molecule has 14 heteroatoms. The number of ether oxygens (including phenoxy) is 1. The first-order valence-corrected chi connectivity index (χ1v) is 25.3. The van der Waals surface area contributed by atoms with Gasteiger partial charge in [0.1, 0.15) is 11.6 Å². The highest BCUT2D eigenvalue weighted by Crippen LogP contribution is 2.72. The normalized spacial score (nSPS) is 24.4. The molecule has 352 valence electrons. The molecule has 2 unspecified atom stereocenters. The third-order valence-electron chi connectivity index (χ3n) is 15.2. The second-order valence-electron chi connectivity index (χ2n) is 21.5. The number of Topliss-reactive ketones (excluding diaryl/α,β-unsaturated/α-hetero) is 1. The number of unbranched alkanes of at least 4 members (excludes halogenated alkanes) is 6. The van der Waals surface area contributed by atoms with Crippen LogP contribution >= 0.6 is 11.3 Å². The molecule has 4 aliphatic carbocycles. The molecular weight excluding hydrogens is 847 g/mol. The highest BCUT2D eigenvalue weighted by molar-refractivity contribution is 7.22. The van der Waals surface area contributed by atoms with Crippen LogP contribution in [0, 0.1) is 30.1 Å². The molecule has 0 radical (unpaired) electrons. The van der Waals surface area contributed by atoms with Crippen LogP contribution in [0.15, 0.2) is 42.6 Å². The summed E-state index contributed by atoms with van der Waals surface area (Å²) >= 11 is 1.58. The summed E-state index contributed by atoms with van der Waals surface area (Å²) in [7, 11) is 2.23. The van der Waals surface area contributed by atoms with E-state index in [1.807, 2.05) is 41.4 Å². The summed E-state index contributed by atoms with van der Waals surface area (Å²) in [6, 6.07) is 11.9. The average Bonchev–Trinajstić information content (AvgIpc) is 3.83. The first-order valence-electron chi connectivity index (χ1n) is 24.5. The van der Waals surface area contributed by atoms with Crippen molar-refractivity contribution >= 4 is 55.9 Å². The number of rotatable bonds is 21. The second kappa shape index (κ2) is 18.7. The van der Waals surface area contributed by atoms with Crippen LogP contribution in [-0.4, -0.2) is 90.6 Å². The van der Waals surface area contributed by atoms with E-state index in [2.05, 4.69) is 65.9 Å². The van der Waals surface area contributed by atoms with Crippen molar-refractivity contribution in [2.45, 2.75) is 149 Å². The van der Waals surface area contributed by atoms with Crippen molar-refractivity contribution in [2.75, 3.05) is 43.5 Å². The smallest absolute Gasteiger partial charge is 0.355 e. The summed E-state index contributed by atoms with van der Waals surface area (Å²) in [6.07, 6.45) is 19.5. The SMILES string of the molecule is CC(=O)CCCCCCCCCN(C)CCOC12CC3(C)CC(C)(CC(Cn4ncc(-c5ccc(N6CCCc7c6nnc(Nc6nc8ccccc8s6)c7C)nc5C(=O)O)c4C)(C3)C1)C2. The molecule has 4 bridgehead atoms. The van der Waals surface area contributed by atoms with Gasteiger partial charge in [0.15, 0.2) is 22.5 Å². The summed E-state index contributed by atoms with van der Waals surface area (Å²) in [4.78, 5) is 38.2. The van der Waals surface area contributed by atoms with E-state index in [-0.39, 0.29) is 27.5 Å². The molecule has 13 nitrogen and oxygen atoms in total. The molecule has 4 aromatic heterocycles. The Kier molecular flexibility index (Phi) is 13.1. The molecule has 4 saturated carbocycles. The zero-order chi connectivity index (χ0) is 46.3. The standard InChI is InChI=1S/C52H69N9O4S/c1-35(62)17-12-10-8-7-9-11-15-23-59(6)25-26-65-52-31-49(4)28-50(5,32-52)30-51(29-49,33-52)34-61-37(3)40(27-53-61)39-21-22-43(55-44(39)47(63)64)60-24-16-18-38-36(2)45(57-58-46(38)60)56-48-54-41-19-13-14-20-42(41)66-48/h13-14,19-22,27H,7-12,15-18,23-26,28-34H2,1-6H3,(H,63,64)(H,54,56,57). The molecular formula is C52H69N9O4S. The maximum atomic E-state index is 13.0. The van der Waals surface area contributed by atoms with E-state index in [4.69, 9.17) is 19.8 Å². The van der Waals surface area contributed by atoms with Gasteiger partial charge in [0.05, 0.1) is 28.6 Å². The third-order valence-corrected chi connectivity index (χ3v) is 16.2. The lowest BCUT2D eigenvalue weighted by Crippen LogP contribution is -2.64. The van der Waals surface area contributed by atoms with Gasteiger partial charge in [0.2, 0.25) is 0 Å². The van der Waals surface area contributed by atoms with Gasteiger partial charge in [-0.3, -0.25) is 4.68 Å². The topological polar surface area (TPSA) is 151 Å². The third kappa shape index (κ3) is 9.78. The number of nitrogens with one attached hydrogen (secondary N) is 1. The van der Waals surface area contributed by atoms with E-state index >= 15 is 0 Å². The number of para-hydroxylation sites is 1. The number of thiazole rings is 1. The first-order chi connectivity index (χ1) is 31.6. The van der Waals surface area contributed by atoms with Crippen molar-refractivity contribution in [3.63, 3.8) is 0 Å². The minimum absolute atomic E-state index is 0.00527. The Hall–Kier alpha value is -4.79. The number of aromatic nitrogens is 6. The summed E-state index contributed by atoms with van der Waals surface area (Å²) in [5.74, 6) is 1.15. The van der Waals surface area contributed by atoms with E-state index in [9.17, 15) is 14.7 Å². The summed E-state index contributed by atoms with van der Waals surface area (Å²) < 4.78 is 10.3. The Morgan fingerprint density at radius 1 is 0.879 bits per heavy atom. The molecule has 0 amide bonds. The number of anilines is 4. The van der Waals surface area contributed by atoms with Gasteiger partial charge in [-0.05, 0) is 139 Å². The maximum absolute atomic E-state index is 13.0. The fourth-order valence-corrected chi connectivity index (χ4v) is 14.3. The number of carboxylic acid groups (broad SMARTS) is 1. The number of ketones is 1. The Morgan fingerprint density at radius 3 is 2.36 bits per heavy atom. The predicted molar refractivity (Wildman–Crippen MR) is 262 cm³/mol. The lowest BCUT2D eigenvalue weighted by molar-refractivity contribution is -0.248. The van der Waals surface area contributed by atoms with Gasteiger partial charge < -0.3 is 29.8 Å². The van der Waals surface area contributed by atoms with Gasteiger partial charge >= 0.3 is 5.97 Å². The Balaban J connectivity index is 0.861. The summed E-state index contributed by atoms with van der Waals surface area (Å²) in [6.45, 7) is 15.0. The molecule has 2 N–H and O–H groups in total. The number of carbonyl (C=O) groups excluding carboxylic acids is 1. The number of aromatic carboxylic acids is 1. The Morgan fingerprint density at radius 2 is 1.62 bits per heavy atom. The van der Waals surface area contributed by atoms with Gasteiger partial charge in [-0.25, -0.2) is 14.8 Å². The van der Waals surface area contributed by atoms with E-state index in [0.29, 0.717) is 35.3 Å². The zero-order valence-corrected chi connectivity index (χ0v) is 40.9. The molecule has 2 atom stereocenters. The van der Waals surface area contributed by atoms with Crippen LogP contribution in [0.5, 0.6) is 0 Å². The predicted octanol–water partition coefficient (Wildman–Crippen LogP) is 11.3.